The number of aryl methyl sites for hydroxylation is 1. The molecular weight excluding hydrogens is 400 g/mol. The van der Waals surface area contributed by atoms with E-state index in [-0.39, 0.29) is 5.78 Å². The molecule has 0 aliphatic heterocycles. The first-order chi connectivity index (χ1) is 15.5. The van der Waals surface area contributed by atoms with Crippen LogP contribution in [-0.4, -0.2) is 30.0 Å². The summed E-state index contributed by atoms with van der Waals surface area (Å²) in [6, 6.07) is 20.4. The molecule has 0 fully saturated rings. The fourth-order valence-electron chi connectivity index (χ4n) is 3.86. The second kappa shape index (κ2) is 9.18. The fraction of sp³-hybridized carbons (Fsp3) is 0.222. The average Bonchev–Trinajstić information content (AvgIpc) is 2.83. The normalized spacial score (nSPS) is 10.9. The number of aromatic nitrogens is 2. The van der Waals surface area contributed by atoms with E-state index in [2.05, 4.69) is 48.3 Å². The summed E-state index contributed by atoms with van der Waals surface area (Å²) in [7, 11) is 3.06. The molecule has 32 heavy (non-hydrogen) atoms. The van der Waals surface area contributed by atoms with Crippen molar-refractivity contribution in [2.24, 2.45) is 0 Å². The molecule has 4 aromatic rings. The van der Waals surface area contributed by atoms with Crippen LogP contribution in [0, 0.1) is 0 Å². The van der Waals surface area contributed by atoms with E-state index in [1.807, 2.05) is 12.1 Å². The Hall–Kier alpha value is -3.73. The predicted molar refractivity (Wildman–Crippen MR) is 128 cm³/mol. The van der Waals surface area contributed by atoms with E-state index in [4.69, 9.17) is 14.5 Å². The SMILES string of the molecule is CCCc1ccc(-c2ccc(-c3cc(C(C)=O)c4c(OC)nc(OC)cc4n3)cc2)cc1. The summed E-state index contributed by atoms with van der Waals surface area (Å²) in [5, 5.41) is 0.591. The largest absolute Gasteiger partial charge is 0.481 e. The molecule has 2 heterocycles. The number of nitrogens with zero attached hydrogens (tertiary/aromatic N) is 2. The minimum Gasteiger partial charge on any atom is -0.481 e. The van der Waals surface area contributed by atoms with Crippen LogP contribution < -0.4 is 9.47 Å². The van der Waals surface area contributed by atoms with Gasteiger partial charge in [0, 0.05) is 17.2 Å². The third-order valence-electron chi connectivity index (χ3n) is 5.52. The highest BCUT2D eigenvalue weighted by molar-refractivity contribution is 6.09. The lowest BCUT2D eigenvalue weighted by Gasteiger charge is -2.12. The average molecular weight is 427 g/mol. The predicted octanol–water partition coefficient (Wildman–Crippen LogP) is 6.14. The number of Topliss-reactive ketones (excluding diaryl/α,β-unsaturated/α-hetero) is 1. The molecule has 162 valence electrons. The molecule has 0 unspecified atom stereocenters. The summed E-state index contributed by atoms with van der Waals surface area (Å²) in [5.74, 6) is 0.633. The number of benzene rings is 2. The number of fused-ring (bicyclic) bond motifs is 1. The van der Waals surface area contributed by atoms with Crippen LogP contribution in [0.4, 0.5) is 0 Å². The maximum atomic E-state index is 12.4. The Morgan fingerprint density at radius 1 is 0.844 bits per heavy atom. The van der Waals surface area contributed by atoms with Crippen LogP contribution in [0.2, 0.25) is 0 Å². The van der Waals surface area contributed by atoms with Gasteiger partial charge in [0.2, 0.25) is 11.8 Å². The van der Waals surface area contributed by atoms with E-state index in [1.165, 1.54) is 32.3 Å². The van der Waals surface area contributed by atoms with Crippen molar-refractivity contribution in [3.05, 3.63) is 71.8 Å². The molecule has 0 radical (unpaired) electrons. The summed E-state index contributed by atoms with van der Waals surface area (Å²) >= 11 is 0. The Labute approximate surface area is 188 Å². The van der Waals surface area contributed by atoms with Crippen molar-refractivity contribution < 1.29 is 14.3 Å². The van der Waals surface area contributed by atoms with Crippen LogP contribution in [0.15, 0.2) is 60.7 Å². The van der Waals surface area contributed by atoms with Gasteiger partial charge < -0.3 is 9.47 Å². The third-order valence-corrected chi connectivity index (χ3v) is 5.52. The van der Waals surface area contributed by atoms with Gasteiger partial charge in [0.25, 0.3) is 0 Å². The zero-order valence-corrected chi connectivity index (χ0v) is 18.8. The molecule has 0 saturated carbocycles. The lowest BCUT2D eigenvalue weighted by atomic mass is 9.99. The lowest BCUT2D eigenvalue weighted by molar-refractivity contribution is 0.101. The summed E-state index contributed by atoms with van der Waals surface area (Å²) in [6.45, 7) is 3.72. The van der Waals surface area contributed by atoms with Gasteiger partial charge in [0.05, 0.1) is 30.8 Å². The van der Waals surface area contributed by atoms with Gasteiger partial charge in [-0.05, 0) is 36.1 Å². The highest BCUT2D eigenvalue weighted by Crippen LogP contribution is 2.33. The molecule has 4 rings (SSSR count). The quantitative estimate of drug-likeness (QED) is 0.332. The molecule has 2 aromatic carbocycles. The number of rotatable bonds is 7. The number of hydrogen-bond acceptors (Lipinski definition) is 5. The van der Waals surface area contributed by atoms with Crippen LogP contribution in [0.5, 0.6) is 11.8 Å². The van der Waals surface area contributed by atoms with Crippen molar-refractivity contribution in [3.8, 4) is 34.1 Å². The second-order valence-electron chi connectivity index (χ2n) is 7.70. The molecular formula is C27H26N2O3. The Bertz CT molecular complexity index is 1260. The molecule has 5 heteroatoms. The van der Waals surface area contributed by atoms with E-state index < -0.39 is 0 Å². The van der Waals surface area contributed by atoms with E-state index in [0.717, 1.165) is 24.0 Å². The maximum absolute atomic E-state index is 12.4. The molecule has 0 spiro atoms. The van der Waals surface area contributed by atoms with Crippen molar-refractivity contribution in [2.45, 2.75) is 26.7 Å². The Morgan fingerprint density at radius 2 is 1.47 bits per heavy atom. The third kappa shape index (κ3) is 4.19. The smallest absolute Gasteiger partial charge is 0.226 e. The zero-order valence-electron chi connectivity index (χ0n) is 18.8. The maximum Gasteiger partial charge on any atom is 0.226 e. The minimum absolute atomic E-state index is 0.0762. The van der Waals surface area contributed by atoms with E-state index in [1.54, 1.807) is 12.1 Å². The molecule has 0 saturated heterocycles. The van der Waals surface area contributed by atoms with Crippen molar-refractivity contribution in [1.82, 2.24) is 9.97 Å². The molecule has 0 N–H and O–H groups in total. The number of pyridine rings is 2. The van der Waals surface area contributed by atoms with Crippen molar-refractivity contribution in [3.63, 3.8) is 0 Å². The van der Waals surface area contributed by atoms with Gasteiger partial charge in [-0.2, -0.15) is 4.98 Å². The number of carbonyl (C=O) groups excluding carboxylic acids is 1. The lowest BCUT2D eigenvalue weighted by Crippen LogP contribution is -2.02. The summed E-state index contributed by atoms with van der Waals surface area (Å²) in [6.07, 6.45) is 2.24. The zero-order chi connectivity index (χ0) is 22.7. The molecule has 0 atom stereocenters. The summed E-state index contributed by atoms with van der Waals surface area (Å²) in [4.78, 5) is 21.5. The van der Waals surface area contributed by atoms with E-state index in [0.29, 0.717) is 33.9 Å². The molecule has 0 amide bonds. The summed E-state index contributed by atoms with van der Waals surface area (Å²) in [5.41, 5.74) is 6.42. The number of hydrogen-bond donors (Lipinski definition) is 0. The van der Waals surface area contributed by atoms with E-state index in [9.17, 15) is 4.79 Å². The molecule has 0 bridgehead atoms. The highest BCUT2D eigenvalue weighted by atomic mass is 16.5. The van der Waals surface area contributed by atoms with Gasteiger partial charge in [0.1, 0.15) is 0 Å². The molecule has 5 nitrogen and oxygen atoms in total. The fourth-order valence-corrected chi connectivity index (χ4v) is 3.86. The van der Waals surface area contributed by atoms with Gasteiger partial charge in [-0.1, -0.05) is 61.9 Å². The second-order valence-corrected chi connectivity index (χ2v) is 7.70. The van der Waals surface area contributed by atoms with Gasteiger partial charge in [-0.3, -0.25) is 4.79 Å². The van der Waals surface area contributed by atoms with Crippen LogP contribution in [-0.2, 0) is 6.42 Å². The number of ether oxygens (including phenoxy) is 2. The first-order valence-electron chi connectivity index (χ1n) is 10.7. The summed E-state index contributed by atoms with van der Waals surface area (Å²) < 4.78 is 10.7. The van der Waals surface area contributed by atoms with Gasteiger partial charge in [-0.15, -0.1) is 0 Å². The van der Waals surface area contributed by atoms with Crippen molar-refractivity contribution in [1.29, 1.82) is 0 Å². The van der Waals surface area contributed by atoms with Crippen molar-refractivity contribution >= 4 is 16.7 Å². The first kappa shape index (κ1) is 21.5. The van der Waals surface area contributed by atoms with Crippen molar-refractivity contribution in [2.75, 3.05) is 14.2 Å². The van der Waals surface area contributed by atoms with Gasteiger partial charge in [0.15, 0.2) is 5.78 Å². The van der Waals surface area contributed by atoms with Gasteiger partial charge >= 0.3 is 0 Å². The standard InChI is InChI=1S/C27H26N2O3/c1-5-6-18-7-9-19(10-8-18)20-11-13-21(14-12-20)23-15-22(17(2)30)26-24(28-23)16-25(31-3)29-27(26)32-4/h7-16H,5-6H2,1-4H3. The van der Waals surface area contributed by atoms with E-state index >= 15 is 0 Å². The molecule has 0 aliphatic rings. The molecule has 2 aromatic heterocycles. The van der Waals surface area contributed by atoms with Crippen LogP contribution in [0.3, 0.4) is 0 Å². The van der Waals surface area contributed by atoms with Crippen LogP contribution in [0.1, 0.15) is 36.2 Å². The molecule has 0 aliphatic carbocycles. The van der Waals surface area contributed by atoms with Crippen LogP contribution in [0.25, 0.3) is 33.3 Å². The number of carbonyl (C=O) groups is 1. The van der Waals surface area contributed by atoms with Gasteiger partial charge in [-0.25, -0.2) is 4.98 Å². The topological polar surface area (TPSA) is 61.3 Å². The Morgan fingerprint density at radius 3 is 2.03 bits per heavy atom. The number of methoxy groups -OCH3 is 2. The Balaban J connectivity index is 1.76. The minimum atomic E-state index is -0.0762. The van der Waals surface area contributed by atoms with Crippen LogP contribution >= 0.6 is 0 Å². The first-order valence-corrected chi connectivity index (χ1v) is 10.7. The monoisotopic (exact) mass is 426 g/mol. The Kier molecular flexibility index (Phi) is 6.17. The number of ketones is 1. The highest BCUT2D eigenvalue weighted by Gasteiger charge is 2.18.